The van der Waals surface area contributed by atoms with Crippen LogP contribution in [0.4, 0.5) is 4.39 Å². The molecular weight excluding hydrogens is 665 g/mol. The van der Waals surface area contributed by atoms with E-state index < -0.39 is 5.82 Å². The average molecular weight is 691 g/mol. The number of Topliss-reactive ketones (excluding diaryl/α,β-unsaturated/α-hetero) is 1. The quantitative estimate of drug-likeness (QED) is 0.185. The molecule has 0 radical (unpaired) electrons. The summed E-state index contributed by atoms with van der Waals surface area (Å²) in [5, 5.41) is 4.48. The molecule has 0 saturated heterocycles. The highest BCUT2D eigenvalue weighted by Crippen LogP contribution is 2.28. The van der Waals surface area contributed by atoms with E-state index in [-0.39, 0.29) is 48.9 Å². The molecule has 0 fully saturated rings. The van der Waals surface area contributed by atoms with E-state index in [0.29, 0.717) is 48.8 Å². The average Bonchev–Trinajstić information content (AvgIpc) is 3.47. The lowest BCUT2D eigenvalue weighted by atomic mass is 9.98. The van der Waals surface area contributed by atoms with Gasteiger partial charge in [0.25, 0.3) is 11.5 Å². The molecule has 1 atom stereocenters. The molecule has 0 bridgehead atoms. The maximum atomic E-state index is 14.1. The first-order valence-electron chi connectivity index (χ1n) is 14.0. The number of amides is 1. The molecule has 1 aliphatic heterocycles. The summed E-state index contributed by atoms with van der Waals surface area (Å²) in [5.74, 6) is -0.828. The topological polar surface area (TPSA) is 99.3 Å². The summed E-state index contributed by atoms with van der Waals surface area (Å²) >= 11 is 9.62. The lowest BCUT2D eigenvalue weighted by Gasteiger charge is -2.34. The highest BCUT2D eigenvalue weighted by atomic mass is 79.9. The van der Waals surface area contributed by atoms with Crippen LogP contribution in [0.3, 0.4) is 0 Å². The van der Waals surface area contributed by atoms with E-state index in [1.807, 2.05) is 19.1 Å². The van der Waals surface area contributed by atoms with Crippen molar-refractivity contribution in [3.63, 3.8) is 0 Å². The predicted molar refractivity (Wildman–Crippen MR) is 170 cm³/mol. The van der Waals surface area contributed by atoms with Crippen molar-refractivity contribution in [1.29, 1.82) is 0 Å². The Bertz CT molecular complexity index is 2010. The molecule has 0 N–H and O–H groups in total. The third kappa shape index (κ3) is 6.05. The number of halogens is 3. The molecule has 2 aromatic heterocycles. The minimum atomic E-state index is -0.483. The van der Waals surface area contributed by atoms with Crippen molar-refractivity contribution in [1.82, 2.24) is 24.2 Å². The molecular formula is C33H26BrClFN5O4. The third-order valence-electron chi connectivity index (χ3n) is 7.69. The van der Waals surface area contributed by atoms with E-state index >= 15 is 0 Å². The van der Waals surface area contributed by atoms with Crippen molar-refractivity contribution in [3.8, 4) is 17.4 Å². The number of carbonyl (C=O) groups is 2. The van der Waals surface area contributed by atoms with Gasteiger partial charge in [0.2, 0.25) is 0 Å². The number of fused-ring (bicyclic) bond motifs is 1. The van der Waals surface area contributed by atoms with Gasteiger partial charge in [-0.25, -0.2) is 13.6 Å². The fourth-order valence-electron chi connectivity index (χ4n) is 5.30. The molecule has 9 nitrogen and oxygen atoms in total. The number of para-hydroxylation sites is 1. The van der Waals surface area contributed by atoms with Crippen LogP contribution >= 0.6 is 27.5 Å². The lowest BCUT2D eigenvalue weighted by Crippen LogP contribution is -2.45. The molecule has 3 heterocycles. The molecule has 45 heavy (non-hydrogen) atoms. The van der Waals surface area contributed by atoms with Crippen LogP contribution in [0.5, 0.6) is 6.01 Å². The molecule has 1 aliphatic rings. The van der Waals surface area contributed by atoms with E-state index in [9.17, 15) is 18.8 Å². The molecule has 12 heteroatoms. The lowest BCUT2D eigenvalue weighted by molar-refractivity contribution is 0.0651. The molecule has 228 valence electrons. The standard InChI is InChI=1S/C33H26BrClFN5O4/c1-19-13-26-29(17-39(19)31(43)22-9-12-27(34)28(35)14-22)38-33(41(32(26)44)25-10-7-21(8-11-25)20(2)42)45-18-23-5-3-4-6-30(23)40-16-24(36)15-37-40/h3-12,14-16,19H,13,17-18H2,1-2H3. The van der Waals surface area contributed by atoms with Gasteiger partial charge in [0.1, 0.15) is 6.61 Å². The first-order valence-corrected chi connectivity index (χ1v) is 15.2. The first-order chi connectivity index (χ1) is 21.6. The zero-order chi connectivity index (χ0) is 31.8. The zero-order valence-electron chi connectivity index (χ0n) is 24.2. The Labute approximate surface area is 271 Å². The Hall–Kier alpha value is -4.61. The summed E-state index contributed by atoms with van der Waals surface area (Å²) in [5.41, 5.74) is 3.20. The molecule has 0 aliphatic carbocycles. The van der Waals surface area contributed by atoms with Crippen molar-refractivity contribution in [2.45, 2.75) is 39.5 Å². The van der Waals surface area contributed by atoms with Crippen molar-refractivity contribution in [3.05, 3.63) is 133 Å². The third-order valence-corrected chi connectivity index (χ3v) is 8.92. The van der Waals surface area contributed by atoms with E-state index in [4.69, 9.17) is 21.3 Å². The Balaban J connectivity index is 1.40. The van der Waals surface area contributed by atoms with Crippen LogP contribution < -0.4 is 10.3 Å². The van der Waals surface area contributed by atoms with Crippen molar-refractivity contribution in [2.75, 3.05) is 0 Å². The Morgan fingerprint density at radius 2 is 1.82 bits per heavy atom. The van der Waals surface area contributed by atoms with Gasteiger partial charge in [-0.1, -0.05) is 29.8 Å². The summed E-state index contributed by atoms with van der Waals surface area (Å²) in [6, 6.07) is 18.5. The summed E-state index contributed by atoms with van der Waals surface area (Å²) in [4.78, 5) is 46.0. The van der Waals surface area contributed by atoms with Gasteiger partial charge in [-0.3, -0.25) is 14.4 Å². The smallest absolute Gasteiger partial charge is 0.304 e. The second-order valence-corrected chi connectivity index (χ2v) is 12.0. The maximum absolute atomic E-state index is 14.1. The highest BCUT2D eigenvalue weighted by molar-refractivity contribution is 9.10. The number of hydrogen-bond donors (Lipinski definition) is 0. The van der Waals surface area contributed by atoms with Crippen LogP contribution in [0, 0.1) is 5.82 Å². The van der Waals surface area contributed by atoms with E-state index in [2.05, 4.69) is 21.0 Å². The highest BCUT2D eigenvalue weighted by Gasteiger charge is 2.32. The second kappa shape index (κ2) is 12.4. The fourth-order valence-corrected chi connectivity index (χ4v) is 5.73. The van der Waals surface area contributed by atoms with Crippen LogP contribution in [-0.4, -0.2) is 42.0 Å². The SMILES string of the molecule is CC(=O)c1ccc(-n2c(OCc3ccccc3-n3cc(F)cn3)nc3c(c2=O)CC(C)N(C(=O)c2ccc(Br)c(Cl)c2)C3)cc1. The van der Waals surface area contributed by atoms with Gasteiger partial charge < -0.3 is 9.64 Å². The molecule has 6 rings (SSSR count). The predicted octanol–water partition coefficient (Wildman–Crippen LogP) is 6.34. The van der Waals surface area contributed by atoms with Gasteiger partial charge in [-0.15, -0.1) is 0 Å². The molecule has 0 spiro atoms. The Morgan fingerprint density at radius 1 is 1.09 bits per heavy atom. The Kier molecular flexibility index (Phi) is 8.39. The number of ether oxygens (including phenoxy) is 1. The largest absolute Gasteiger partial charge is 0.459 e. The van der Waals surface area contributed by atoms with Crippen LogP contribution in [0.1, 0.15) is 51.4 Å². The monoisotopic (exact) mass is 689 g/mol. The zero-order valence-corrected chi connectivity index (χ0v) is 26.5. The van der Waals surface area contributed by atoms with Gasteiger partial charge >= 0.3 is 6.01 Å². The van der Waals surface area contributed by atoms with Crippen molar-refractivity contribution >= 4 is 39.2 Å². The van der Waals surface area contributed by atoms with Gasteiger partial charge in [-0.2, -0.15) is 10.1 Å². The number of ketones is 1. The summed E-state index contributed by atoms with van der Waals surface area (Å²) in [6.45, 7) is 3.41. The molecule has 1 unspecified atom stereocenters. The number of benzene rings is 3. The van der Waals surface area contributed by atoms with Crippen LogP contribution in [0.25, 0.3) is 11.4 Å². The number of nitrogens with zero attached hydrogens (tertiary/aromatic N) is 5. The van der Waals surface area contributed by atoms with E-state index in [0.717, 1.165) is 6.20 Å². The molecule has 0 saturated carbocycles. The van der Waals surface area contributed by atoms with E-state index in [1.54, 1.807) is 59.5 Å². The number of carbonyl (C=O) groups excluding carboxylic acids is 2. The number of aromatic nitrogens is 4. The maximum Gasteiger partial charge on any atom is 0.304 e. The van der Waals surface area contributed by atoms with Gasteiger partial charge in [0.05, 0.1) is 41.0 Å². The van der Waals surface area contributed by atoms with Crippen molar-refractivity contribution < 1.29 is 18.7 Å². The molecule has 3 aromatic carbocycles. The summed E-state index contributed by atoms with van der Waals surface area (Å²) in [6.07, 6.45) is 2.64. The summed E-state index contributed by atoms with van der Waals surface area (Å²) < 4.78 is 23.4. The van der Waals surface area contributed by atoms with Crippen LogP contribution in [-0.2, 0) is 19.6 Å². The van der Waals surface area contributed by atoms with Crippen LogP contribution in [0.2, 0.25) is 5.02 Å². The van der Waals surface area contributed by atoms with Crippen molar-refractivity contribution in [2.24, 2.45) is 0 Å². The minimum Gasteiger partial charge on any atom is -0.459 e. The number of hydrogen-bond acceptors (Lipinski definition) is 6. The minimum absolute atomic E-state index is 0.00409. The van der Waals surface area contributed by atoms with Gasteiger partial charge in [-0.05, 0) is 84.7 Å². The summed E-state index contributed by atoms with van der Waals surface area (Å²) in [7, 11) is 0. The second-order valence-electron chi connectivity index (χ2n) is 10.7. The first kappa shape index (κ1) is 30.4. The Morgan fingerprint density at radius 3 is 2.51 bits per heavy atom. The normalized spacial score (nSPS) is 14.2. The molecule has 5 aromatic rings. The van der Waals surface area contributed by atoms with Gasteiger partial charge in [0, 0.05) is 32.8 Å². The fraction of sp³-hybridized carbons (Fsp3) is 0.182. The van der Waals surface area contributed by atoms with E-state index in [1.165, 1.54) is 22.4 Å². The number of rotatable bonds is 7. The van der Waals surface area contributed by atoms with Gasteiger partial charge in [0.15, 0.2) is 11.6 Å². The van der Waals surface area contributed by atoms with Crippen LogP contribution in [0.15, 0.2) is 88.4 Å². The molecule has 1 amide bonds.